The molecular weight excluding hydrogens is 104 g/mol. The first-order valence-electron chi connectivity index (χ1n) is 2.50. The van der Waals surface area contributed by atoms with E-state index in [1.54, 1.807) is 0 Å². The van der Waals surface area contributed by atoms with Crippen molar-refractivity contribution in [2.24, 2.45) is 0 Å². The molecule has 1 atom stereocenters. The Morgan fingerprint density at radius 3 is 2.75 bits per heavy atom. The van der Waals surface area contributed by atoms with Crippen molar-refractivity contribution in [1.29, 1.82) is 5.26 Å². The molecule has 0 spiro atoms. The summed E-state index contributed by atoms with van der Waals surface area (Å²) in [6.07, 6.45) is 3.56. The molecule has 0 radical (unpaired) electrons. The van der Waals surface area contributed by atoms with E-state index in [9.17, 15) is 4.79 Å². The zero-order valence-electron chi connectivity index (χ0n) is 4.37. The molecule has 1 heterocycles. The van der Waals surface area contributed by atoms with Gasteiger partial charge < -0.3 is 9.69 Å². The number of rotatable bonds is 1. The summed E-state index contributed by atoms with van der Waals surface area (Å²) in [5, 5.41) is 8.20. The average molecular weight is 110 g/mol. The molecule has 0 aliphatic carbocycles. The van der Waals surface area contributed by atoms with Crippen LogP contribution in [0.5, 0.6) is 0 Å². The summed E-state index contributed by atoms with van der Waals surface area (Å²) in [6, 6.07) is -0.111. The normalized spacial score (nSPS) is 25.9. The predicted molar refractivity (Wildman–Crippen MR) is 26.8 cm³/mol. The highest BCUT2D eigenvalue weighted by Gasteiger charge is 2.25. The smallest absolute Gasteiger partial charge is 0.179 e. The first-order chi connectivity index (χ1) is 3.88. The van der Waals surface area contributed by atoms with Crippen LogP contribution in [0.1, 0.15) is 6.42 Å². The third kappa shape index (κ3) is 0.544. The van der Waals surface area contributed by atoms with Crippen molar-refractivity contribution in [2.45, 2.75) is 12.5 Å². The number of carbonyl (C=O) groups excluding carboxylic acids is 1. The molecule has 0 saturated carbocycles. The van der Waals surface area contributed by atoms with Crippen molar-refractivity contribution >= 4 is 6.29 Å². The van der Waals surface area contributed by atoms with E-state index in [4.69, 9.17) is 5.26 Å². The van der Waals surface area contributed by atoms with E-state index in [-0.39, 0.29) is 6.04 Å². The molecule has 8 heavy (non-hydrogen) atoms. The first kappa shape index (κ1) is 5.10. The zero-order valence-corrected chi connectivity index (χ0v) is 4.37. The second-order valence-electron chi connectivity index (χ2n) is 1.79. The van der Waals surface area contributed by atoms with E-state index < -0.39 is 0 Å². The standard InChI is InChI=1S/C5H6N2O/c6-4-7-2-1-5(7)3-8/h3,5H,1-2H2. The maximum Gasteiger partial charge on any atom is 0.179 e. The molecule has 3 nitrogen and oxygen atoms in total. The highest BCUT2D eigenvalue weighted by atomic mass is 16.1. The van der Waals surface area contributed by atoms with Crippen molar-refractivity contribution in [3.63, 3.8) is 0 Å². The molecule has 1 aliphatic rings. The molecule has 0 amide bonds. The number of nitriles is 1. The van der Waals surface area contributed by atoms with Crippen LogP contribution in [-0.2, 0) is 4.79 Å². The molecule has 0 N–H and O–H groups in total. The maximum absolute atomic E-state index is 9.96. The van der Waals surface area contributed by atoms with Crippen LogP contribution in [-0.4, -0.2) is 23.8 Å². The van der Waals surface area contributed by atoms with Crippen molar-refractivity contribution in [3.05, 3.63) is 0 Å². The van der Waals surface area contributed by atoms with Gasteiger partial charge in [0.05, 0.1) is 6.04 Å². The number of hydrogen-bond donors (Lipinski definition) is 0. The minimum Gasteiger partial charge on any atom is -0.301 e. The zero-order chi connectivity index (χ0) is 5.98. The molecule has 3 heteroatoms. The molecule has 1 saturated heterocycles. The Balaban J connectivity index is 2.40. The third-order valence-corrected chi connectivity index (χ3v) is 1.35. The lowest BCUT2D eigenvalue weighted by atomic mass is 10.1. The van der Waals surface area contributed by atoms with Crippen molar-refractivity contribution in [3.8, 4) is 6.19 Å². The highest BCUT2D eigenvalue weighted by Crippen LogP contribution is 2.11. The van der Waals surface area contributed by atoms with Crippen LogP contribution in [0.15, 0.2) is 0 Å². The minimum atomic E-state index is -0.111. The van der Waals surface area contributed by atoms with Gasteiger partial charge in [0.1, 0.15) is 6.29 Å². The van der Waals surface area contributed by atoms with E-state index in [1.165, 1.54) is 4.90 Å². The van der Waals surface area contributed by atoms with Crippen LogP contribution < -0.4 is 0 Å². The molecule has 0 aromatic rings. The SMILES string of the molecule is N#CN1CCC1C=O. The topological polar surface area (TPSA) is 44.1 Å². The maximum atomic E-state index is 9.96. The largest absolute Gasteiger partial charge is 0.301 e. The van der Waals surface area contributed by atoms with Gasteiger partial charge in [0.15, 0.2) is 6.19 Å². The lowest BCUT2D eigenvalue weighted by Crippen LogP contribution is -2.44. The quantitative estimate of drug-likeness (QED) is 0.345. The second kappa shape index (κ2) is 1.83. The van der Waals surface area contributed by atoms with Gasteiger partial charge in [-0.25, -0.2) is 0 Å². The average Bonchev–Trinajstić information content (AvgIpc) is 1.66. The van der Waals surface area contributed by atoms with E-state index >= 15 is 0 Å². The Bertz CT molecular complexity index is 138. The first-order valence-corrected chi connectivity index (χ1v) is 2.50. The molecule has 0 aromatic carbocycles. The predicted octanol–water partition coefficient (Wildman–Crippen LogP) is -0.259. The molecule has 1 aliphatic heterocycles. The van der Waals surface area contributed by atoms with Gasteiger partial charge in [-0.1, -0.05) is 0 Å². The summed E-state index contributed by atoms with van der Waals surface area (Å²) in [6.45, 7) is 0.750. The fraction of sp³-hybridized carbons (Fsp3) is 0.600. The van der Waals surface area contributed by atoms with E-state index in [0.29, 0.717) is 0 Å². The van der Waals surface area contributed by atoms with E-state index in [2.05, 4.69) is 0 Å². The number of likely N-dealkylation sites (tertiary alicyclic amines) is 1. The molecule has 42 valence electrons. The Morgan fingerprint density at radius 2 is 2.62 bits per heavy atom. The van der Waals surface area contributed by atoms with Gasteiger partial charge >= 0.3 is 0 Å². The molecule has 1 fully saturated rings. The van der Waals surface area contributed by atoms with Crippen LogP contribution in [0, 0.1) is 11.5 Å². The minimum absolute atomic E-state index is 0.111. The van der Waals surface area contributed by atoms with Crippen LogP contribution in [0.3, 0.4) is 0 Å². The summed E-state index contributed by atoms with van der Waals surface area (Å²) < 4.78 is 0. The summed E-state index contributed by atoms with van der Waals surface area (Å²) in [4.78, 5) is 11.4. The molecule has 0 aromatic heterocycles. The molecule has 1 unspecified atom stereocenters. The van der Waals surface area contributed by atoms with Gasteiger partial charge in [0.2, 0.25) is 0 Å². The van der Waals surface area contributed by atoms with E-state index in [0.717, 1.165) is 19.3 Å². The van der Waals surface area contributed by atoms with Gasteiger partial charge in [-0.2, -0.15) is 5.26 Å². The second-order valence-corrected chi connectivity index (χ2v) is 1.79. The van der Waals surface area contributed by atoms with Crippen LogP contribution in [0.2, 0.25) is 0 Å². The third-order valence-electron chi connectivity index (χ3n) is 1.35. The molecule has 0 bridgehead atoms. The summed E-state index contributed by atoms with van der Waals surface area (Å²) >= 11 is 0. The van der Waals surface area contributed by atoms with Gasteiger partial charge in [-0.05, 0) is 6.42 Å². The number of nitrogens with zero attached hydrogens (tertiary/aromatic N) is 2. The summed E-state index contributed by atoms with van der Waals surface area (Å²) in [5.74, 6) is 0. The number of hydrogen-bond acceptors (Lipinski definition) is 3. The van der Waals surface area contributed by atoms with Crippen LogP contribution >= 0.6 is 0 Å². The molecule has 1 rings (SSSR count). The Kier molecular flexibility index (Phi) is 1.17. The Hall–Kier alpha value is -1.04. The fourth-order valence-electron chi connectivity index (χ4n) is 0.673. The lowest BCUT2D eigenvalue weighted by Gasteiger charge is -2.31. The van der Waals surface area contributed by atoms with Gasteiger partial charge in [-0.3, -0.25) is 0 Å². The summed E-state index contributed by atoms with van der Waals surface area (Å²) in [5.41, 5.74) is 0. The van der Waals surface area contributed by atoms with Crippen LogP contribution in [0.4, 0.5) is 0 Å². The van der Waals surface area contributed by atoms with Crippen molar-refractivity contribution in [1.82, 2.24) is 4.90 Å². The van der Waals surface area contributed by atoms with Gasteiger partial charge in [0.25, 0.3) is 0 Å². The Labute approximate surface area is 47.5 Å². The lowest BCUT2D eigenvalue weighted by molar-refractivity contribution is -0.114. The van der Waals surface area contributed by atoms with Gasteiger partial charge in [-0.15, -0.1) is 0 Å². The van der Waals surface area contributed by atoms with Crippen molar-refractivity contribution in [2.75, 3.05) is 6.54 Å². The Morgan fingerprint density at radius 1 is 1.88 bits per heavy atom. The number of carbonyl (C=O) groups is 1. The van der Waals surface area contributed by atoms with Crippen LogP contribution in [0.25, 0.3) is 0 Å². The fourth-order valence-corrected chi connectivity index (χ4v) is 0.673. The van der Waals surface area contributed by atoms with Gasteiger partial charge in [0, 0.05) is 6.54 Å². The van der Waals surface area contributed by atoms with Crippen molar-refractivity contribution < 1.29 is 4.79 Å². The summed E-state index contributed by atoms with van der Waals surface area (Å²) in [7, 11) is 0. The number of aldehydes is 1. The molecular formula is C5H6N2O. The monoisotopic (exact) mass is 110 g/mol. The highest BCUT2D eigenvalue weighted by molar-refractivity contribution is 5.59. The van der Waals surface area contributed by atoms with E-state index in [1.807, 2.05) is 6.19 Å².